The molecule has 2 aromatic rings. The number of esters is 1. The van der Waals surface area contributed by atoms with Crippen molar-refractivity contribution in [1.82, 2.24) is 14.8 Å². The second-order valence-corrected chi connectivity index (χ2v) is 5.02. The third kappa shape index (κ3) is 2.67. The van der Waals surface area contributed by atoms with Crippen molar-refractivity contribution < 1.29 is 18.3 Å². The first kappa shape index (κ1) is 15.1. The smallest absolute Gasteiger partial charge is 0.338 e. The number of hydrogen-bond donors (Lipinski definition) is 1. The van der Waals surface area contributed by atoms with Gasteiger partial charge in [0.1, 0.15) is 24.0 Å². The van der Waals surface area contributed by atoms with Gasteiger partial charge >= 0.3 is 5.97 Å². The van der Waals surface area contributed by atoms with Gasteiger partial charge in [0.2, 0.25) is 5.95 Å². The fraction of sp³-hybridized carbons (Fsp3) is 0.267. The second kappa shape index (κ2) is 5.79. The first-order valence-electron chi connectivity index (χ1n) is 7.01. The van der Waals surface area contributed by atoms with Crippen LogP contribution >= 0.6 is 0 Å². The van der Waals surface area contributed by atoms with Crippen LogP contribution in [0.2, 0.25) is 0 Å². The lowest BCUT2D eigenvalue weighted by Crippen LogP contribution is -2.29. The Hall–Kier alpha value is -2.77. The summed E-state index contributed by atoms with van der Waals surface area (Å²) in [5.41, 5.74) is 0.978. The normalized spacial score (nSPS) is 16.8. The fourth-order valence-electron chi connectivity index (χ4n) is 2.61. The van der Waals surface area contributed by atoms with Gasteiger partial charge in [-0.15, -0.1) is 0 Å². The number of hydrogen-bond acceptors (Lipinski definition) is 5. The summed E-state index contributed by atoms with van der Waals surface area (Å²) in [7, 11) is 0. The van der Waals surface area contributed by atoms with Crippen LogP contribution in [0.4, 0.5) is 14.7 Å². The lowest BCUT2D eigenvalue weighted by molar-refractivity contribution is -0.139. The summed E-state index contributed by atoms with van der Waals surface area (Å²) in [4.78, 5) is 16.4. The first-order chi connectivity index (χ1) is 11.0. The Morgan fingerprint density at radius 2 is 2.04 bits per heavy atom. The van der Waals surface area contributed by atoms with Gasteiger partial charge in [-0.25, -0.2) is 18.3 Å². The van der Waals surface area contributed by atoms with E-state index in [0.717, 1.165) is 18.2 Å². The number of carbonyl (C=O) groups is 1. The van der Waals surface area contributed by atoms with E-state index in [2.05, 4.69) is 15.4 Å². The number of benzene rings is 1. The van der Waals surface area contributed by atoms with Crippen LogP contribution in [0.25, 0.3) is 0 Å². The van der Waals surface area contributed by atoms with Crippen LogP contribution in [0.5, 0.6) is 0 Å². The summed E-state index contributed by atoms with van der Waals surface area (Å²) in [6.45, 7) is 3.54. The van der Waals surface area contributed by atoms with E-state index in [1.54, 1.807) is 13.8 Å². The van der Waals surface area contributed by atoms with Gasteiger partial charge in [-0.3, -0.25) is 0 Å². The summed E-state index contributed by atoms with van der Waals surface area (Å²) in [5.74, 6) is -1.67. The summed E-state index contributed by atoms with van der Waals surface area (Å²) in [6, 6.07) is 2.28. The molecule has 2 heterocycles. The van der Waals surface area contributed by atoms with Crippen LogP contribution in [0, 0.1) is 11.6 Å². The number of fused-ring (bicyclic) bond motifs is 1. The van der Waals surface area contributed by atoms with Crippen molar-refractivity contribution in [2.24, 2.45) is 0 Å². The molecule has 23 heavy (non-hydrogen) atoms. The highest BCUT2D eigenvalue weighted by molar-refractivity contribution is 5.92. The van der Waals surface area contributed by atoms with Gasteiger partial charge in [0.05, 0.1) is 12.2 Å². The number of rotatable bonds is 3. The minimum Gasteiger partial charge on any atom is -0.463 e. The lowest BCUT2D eigenvalue weighted by atomic mass is 9.95. The standard InChI is InChI=1S/C15H14F2N4O2/c1-3-23-14(22)12-8(2)20-15-18-7-19-21(15)13(12)9-4-10(16)6-11(17)5-9/h4-7,13H,3H2,1-2H3,(H,18,19,20). The molecule has 1 atom stereocenters. The van der Waals surface area contributed by atoms with Crippen LogP contribution < -0.4 is 5.32 Å². The lowest BCUT2D eigenvalue weighted by Gasteiger charge is -2.28. The Morgan fingerprint density at radius 3 is 2.70 bits per heavy atom. The summed E-state index contributed by atoms with van der Waals surface area (Å²) in [6.07, 6.45) is 1.30. The third-order valence-electron chi connectivity index (χ3n) is 3.49. The van der Waals surface area contributed by atoms with E-state index in [0.29, 0.717) is 11.6 Å². The molecule has 1 N–H and O–H groups in total. The molecular formula is C15H14F2N4O2. The van der Waals surface area contributed by atoms with Crippen LogP contribution in [0.15, 0.2) is 35.8 Å². The zero-order valence-electron chi connectivity index (χ0n) is 12.5. The number of anilines is 1. The minimum absolute atomic E-state index is 0.185. The first-order valence-corrected chi connectivity index (χ1v) is 7.01. The highest BCUT2D eigenvalue weighted by Gasteiger charge is 2.34. The van der Waals surface area contributed by atoms with Crippen LogP contribution in [-0.4, -0.2) is 27.3 Å². The number of allylic oxidation sites excluding steroid dienone is 1. The molecular weight excluding hydrogens is 306 g/mol. The maximum atomic E-state index is 13.6. The summed E-state index contributed by atoms with van der Waals surface area (Å²) < 4.78 is 33.7. The van der Waals surface area contributed by atoms with Gasteiger partial charge in [0.15, 0.2) is 0 Å². The zero-order chi connectivity index (χ0) is 16.6. The minimum atomic E-state index is -0.821. The van der Waals surface area contributed by atoms with E-state index in [9.17, 15) is 13.6 Å². The van der Waals surface area contributed by atoms with Gasteiger partial charge in [0.25, 0.3) is 0 Å². The number of aromatic nitrogens is 3. The maximum Gasteiger partial charge on any atom is 0.338 e. The van der Waals surface area contributed by atoms with Crippen molar-refractivity contribution >= 4 is 11.9 Å². The molecule has 1 unspecified atom stereocenters. The molecule has 1 aliphatic rings. The molecule has 0 bridgehead atoms. The van der Waals surface area contributed by atoms with Crippen molar-refractivity contribution in [1.29, 1.82) is 0 Å². The Balaban J connectivity index is 2.18. The molecule has 0 spiro atoms. The Morgan fingerprint density at radius 1 is 1.35 bits per heavy atom. The fourth-order valence-corrected chi connectivity index (χ4v) is 2.61. The molecule has 1 aromatic heterocycles. The number of halogens is 2. The van der Waals surface area contributed by atoms with Gasteiger partial charge in [-0.1, -0.05) is 0 Å². The Labute approximate surface area is 130 Å². The van der Waals surface area contributed by atoms with Gasteiger partial charge in [-0.2, -0.15) is 10.1 Å². The van der Waals surface area contributed by atoms with E-state index in [4.69, 9.17) is 4.74 Å². The predicted molar refractivity (Wildman–Crippen MR) is 77.5 cm³/mol. The van der Waals surface area contributed by atoms with Crippen molar-refractivity contribution in [3.63, 3.8) is 0 Å². The summed E-state index contributed by atoms with van der Waals surface area (Å²) >= 11 is 0. The average Bonchev–Trinajstić information content (AvgIpc) is 2.92. The molecule has 1 aliphatic heterocycles. The molecule has 0 saturated heterocycles. The molecule has 1 aromatic carbocycles. The highest BCUT2D eigenvalue weighted by Crippen LogP contribution is 2.35. The van der Waals surface area contributed by atoms with Crippen molar-refractivity contribution in [3.8, 4) is 0 Å². The largest absolute Gasteiger partial charge is 0.463 e. The Bertz CT molecular complexity index is 780. The van der Waals surface area contributed by atoms with Crippen LogP contribution in [0.1, 0.15) is 25.5 Å². The highest BCUT2D eigenvalue weighted by atomic mass is 19.1. The number of ether oxygens (including phenoxy) is 1. The number of nitrogens with one attached hydrogen (secondary N) is 1. The van der Waals surface area contributed by atoms with E-state index in [-0.39, 0.29) is 17.7 Å². The SMILES string of the molecule is CCOC(=O)C1=C(C)Nc2ncnn2C1c1cc(F)cc(F)c1. The van der Waals surface area contributed by atoms with E-state index >= 15 is 0 Å². The van der Waals surface area contributed by atoms with Crippen LogP contribution in [-0.2, 0) is 9.53 Å². The maximum absolute atomic E-state index is 13.6. The molecule has 0 fully saturated rings. The van der Waals surface area contributed by atoms with Gasteiger partial charge in [0, 0.05) is 11.8 Å². The second-order valence-electron chi connectivity index (χ2n) is 5.02. The molecule has 0 amide bonds. The molecule has 0 aliphatic carbocycles. The third-order valence-corrected chi connectivity index (χ3v) is 3.49. The van der Waals surface area contributed by atoms with Gasteiger partial charge in [-0.05, 0) is 31.5 Å². The molecule has 0 radical (unpaired) electrons. The molecule has 120 valence electrons. The van der Waals surface area contributed by atoms with Gasteiger partial charge < -0.3 is 10.1 Å². The topological polar surface area (TPSA) is 69.0 Å². The molecule has 3 rings (SSSR count). The van der Waals surface area contributed by atoms with Crippen molar-refractivity contribution in [2.45, 2.75) is 19.9 Å². The molecule has 8 heteroatoms. The monoisotopic (exact) mass is 320 g/mol. The predicted octanol–water partition coefficient (Wildman–Crippen LogP) is 2.41. The zero-order valence-corrected chi connectivity index (χ0v) is 12.5. The quantitative estimate of drug-likeness (QED) is 0.880. The number of nitrogens with zero attached hydrogens (tertiary/aromatic N) is 3. The summed E-state index contributed by atoms with van der Waals surface area (Å²) in [5, 5.41) is 7.00. The van der Waals surface area contributed by atoms with E-state index in [1.165, 1.54) is 11.0 Å². The Kier molecular flexibility index (Phi) is 3.81. The molecule has 6 nitrogen and oxygen atoms in total. The van der Waals surface area contributed by atoms with Crippen molar-refractivity contribution in [3.05, 3.63) is 53.0 Å². The number of carbonyl (C=O) groups excluding carboxylic acids is 1. The van der Waals surface area contributed by atoms with E-state index in [1.807, 2.05) is 0 Å². The van der Waals surface area contributed by atoms with Crippen molar-refractivity contribution in [2.75, 3.05) is 11.9 Å². The van der Waals surface area contributed by atoms with E-state index < -0.39 is 23.6 Å². The molecule has 0 saturated carbocycles. The van der Waals surface area contributed by atoms with Crippen LogP contribution in [0.3, 0.4) is 0 Å². The average molecular weight is 320 g/mol.